The van der Waals surface area contributed by atoms with Gasteiger partial charge in [0.25, 0.3) is 0 Å². The molecule has 0 saturated carbocycles. The van der Waals surface area contributed by atoms with Gasteiger partial charge in [-0.1, -0.05) is 17.3 Å². The van der Waals surface area contributed by atoms with Gasteiger partial charge in [0.05, 0.1) is 11.6 Å². The number of fused-ring (bicyclic) bond motifs is 1. The van der Waals surface area contributed by atoms with E-state index in [1.54, 1.807) is 17.0 Å². The molecule has 5 rings (SSSR count). The molecule has 0 N–H and O–H groups in total. The molecule has 8 nitrogen and oxygen atoms in total. The van der Waals surface area contributed by atoms with E-state index in [2.05, 4.69) is 20.0 Å². The number of hydrogen-bond donors (Lipinski definition) is 0. The molecule has 0 aliphatic carbocycles. The van der Waals surface area contributed by atoms with E-state index in [1.807, 2.05) is 36.4 Å². The summed E-state index contributed by atoms with van der Waals surface area (Å²) in [7, 11) is 0. The van der Waals surface area contributed by atoms with Gasteiger partial charge in [-0.2, -0.15) is 4.98 Å². The first-order valence-corrected chi connectivity index (χ1v) is 9.36. The van der Waals surface area contributed by atoms with Crippen LogP contribution in [0.25, 0.3) is 22.5 Å². The van der Waals surface area contributed by atoms with Gasteiger partial charge in [0.2, 0.25) is 11.7 Å². The van der Waals surface area contributed by atoms with Crippen LogP contribution >= 0.6 is 0 Å². The third-order valence-electron chi connectivity index (χ3n) is 5.21. The first-order chi connectivity index (χ1) is 13.8. The predicted octanol–water partition coefficient (Wildman–Crippen LogP) is 2.88. The van der Waals surface area contributed by atoms with Crippen LogP contribution in [0.1, 0.15) is 24.8 Å². The Hall–Kier alpha value is -3.26. The lowest BCUT2D eigenvalue weighted by atomic mass is 10.2. The number of hydrogen-bond acceptors (Lipinski definition) is 7. The van der Waals surface area contributed by atoms with Crippen molar-refractivity contribution in [3.05, 3.63) is 65.2 Å². The standard InChI is InChI=1S/C20H19N5O3/c26-20-25(15-4-1-2-6-17(15)27-20)13-12-24-11-3-5-16(24)19-22-18(23-28-19)14-7-9-21-10-8-14/h1-2,4,6-10,16H,3,5,11-13H2. The molecule has 1 saturated heterocycles. The fourth-order valence-corrected chi connectivity index (χ4v) is 3.82. The van der Waals surface area contributed by atoms with E-state index in [4.69, 9.17) is 8.94 Å². The van der Waals surface area contributed by atoms with Crippen molar-refractivity contribution in [2.45, 2.75) is 25.4 Å². The van der Waals surface area contributed by atoms with Crippen molar-refractivity contribution in [1.82, 2.24) is 24.6 Å². The summed E-state index contributed by atoms with van der Waals surface area (Å²) in [5.74, 6) is 0.865. The quantitative estimate of drug-likeness (QED) is 0.528. The Labute approximate surface area is 160 Å². The molecule has 142 valence electrons. The highest BCUT2D eigenvalue weighted by molar-refractivity contribution is 5.72. The molecule has 28 heavy (non-hydrogen) atoms. The van der Waals surface area contributed by atoms with Crippen molar-refractivity contribution in [3.63, 3.8) is 0 Å². The van der Waals surface area contributed by atoms with Crippen LogP contribution in [0.5, 0.6) is 0 Å². The van der Waals surface area contributed by atoms with Crippen molar-refractivity contribution < 1.29 is 8.94 Å². The summed E-state index contributed by atoms with van der Waals surface area (Å²) in [5, 5.41) is 4.12. The average Bonchev–Trinajstić information content (AvgIpc) is 3.45. The van der Waals surface area contributed by atoms with E-state index in [-0.39, 0.29) is 11.8 Å². The normalized spacial score (nSPS) is 17.5. The smallest absolute Gasteiger partial charge is 0.408 e. The maximum Gasteiger partial charge on any atom is 0.419 e. The van der Waals surface area contributed by atoms with Gasteiger partial charge in [-0.15, -0.1) is 0 Å². The molecule has 1 atom stereocenters. The van der Waals surface area contributed by atoms with Crippen LogP contribution in [0.2, 0.25) is 0 Å². The second-order valence-electron chi connectivity index (χ2n) is 6.87. The number of nitrogens with zero attached hydrogens (tertiary/aromatic N) is 5. The summed E-state index contributed by atoms with van der Waals surface area (Å²) in [4.78, 5) is 23.1. The van der Waals surface area contributed by atoms with Crippen LogP contribution in [0, 0.1) is 0 Å². The maximum absolute atomic E-state index is 12.2. The van der Waals surface area contributed by atoms with Gasteiger partial charge in [0.15, 0.2) is 5.58 Å². The molecule has 1 fully saturated rings. The molecule has 1 aliphatic rings. The molecular formula is C20H19N5O3. The summed E-state index contributed by atoms with van der Waals surface area (Å²) < 4.78 is 12.6. The van der Waals surface area contributed by atoms with Crippen molar-refractivity contribution in [1.29, 1.82) is 0 Å². The van der Waals surface area contributed by atoms with E-state index >= 15 is 0 Å². The van der Waals surface area contributed by atoms with Crippen LogP contribution in [-0.2, 0) is 6.54 Å². The molecule has 4 heterocycles. The number of benzene rings is 1. The minimum atomic E-state index is -0.324. The van der Waals surface area contributed by atoms with Crippen molar-refractivity contribution in [2.75, 3.05) is 13.1 Å². The topological polar surface area (TPSA) is 90.2 Å². The van der Waals surface area contributed by atoms with Crippen LogP contribution in [0.4, 0.5) is 0 Å². The summed E-state index contributed by atoms with van der Waals surface area (Å²) >= 11 is 0. The first kappa shape index (κ1) is 16.9. The van der Waals surface area contributed by atoms with Crippen LogP contribution in [0.3, 0.4) is 0 Å². The van der Waals surface area contributed by atoms with Crippen LogP contribution in [0.15, 0.2) is 62.5 Å². The van der Waals surface area contributed by atoms with E-state index in [9.17, 15) is 4.79 Å². The SMILES string of the molecule is O=c1oc2ccccc2n1CCN1CCCC1c1nc(-c2ccncc2)no1. The predicted molar refractivity (Wildman–Crippen MR) is 102 cm³/mol. The molecule has 0 radical (unpaired) electrons. The molecule has 0 amide bonds. The molecule has 0 bridgehead atoms. The summed E-state index contributed by atoms with van der Waals surface area (Å²) in [6, 6.07) is 11.3. The van der Waals surface area contributed by atoms with E-state index in [0.717, 1.165) is 30.5 Å². The highest BCUT2D eigenvalue weighted by Crippen LogP contribution is 2.31. The lowest BCUT2D eigenvalue weighted by Crippen LogP contribution is -2.29. The summed E-state index contributed by atoms with van der Waals surface area (Å²) in [6.07, 6.45) is 5.43. The van der Waals surface area contributed by atoms with Gasteiger partial charge in [-0.05, 0) is 43.7 Å². The monoisotopic (exact) mass is 377 g/mol. The maximum atomic E-state index is 12.2. The van der Waals surface area contributed by atoms with Gasteiger partial charge in [0, 0.05) is 31.0 Å². The minimum absolute atomic E-state index is 0.0666. The summed E-state index contributed by atoms with van der Waals surface area (Å²) in [6.45, 7) is 2.20. The fourth-order valence-electron chi connectivity index (χ4n) is 3.82. The Kier molecular flexibility index (Phi) is 4.25. The Bertz CT molecular complexity index is 1150. The van der Waals surface area contributed by atoms with E-state index in [0.29, 0.717) is 30.4 Å². The van der Waals surface area contributed by atoms with Crippen LogP contribution < -0.4 is 5.76 Å². The second kappa shape index (κ2) is 7.05. The lowest BCUT2D eigenvalue weighted by molar-refractivity contribution is 0.201. The fraction of sp³-hybridized carbons (Fsp3) is 0.300. The lowest BCUT2D eigenvalue weighted by Gasteiger charge is -2.21. The zero-order chi connectivity index (χ0) is 18.9. The van der Waals surface area contributed by atoms with Crippen molar-refractivity contribution in [3.8, 4) is 11.4 Å². The Balaban J connectivity index is 1.34. The van der Waals surface area contributed by atoms with E-state index in [1.165, 1.54) is 0 Å². The number of rotatable bonds is 5. The molecule has 8 heteroatoms. The average molecular weight is 377 g/mol. The Morgan fingerprint density at radius 2 is 1.96 bits per heavy atom. The zero-order valence-electron chi connectivity index (χ0n) is 15.2. The highest BCUT2D eigenvalue weighted by atomic mass is 16.5. The molecule has 0 spiro atoms. The van der Waals surface area contributed by atoms with Crippen LogP contribution in [-0.4, -0.2) is 37.7 Å². The second-order valence-corrected chi connectivity index (χ2v) is 6.87. The first-order valence-electron chi connectivity index (χ1n) is 9.36. The molecule has 1 aromatic carbocycles. The van der Waals surface area contributed by atoms with Crippen molar-refractivity contribution in [2.24, 2.45) is 0 Å². The van der Waals surface area contributed by atoms with Gasteiger partial charge in [-0.25, -0.2) is 4.79 Å². The number of oxazole rings is 1. The number of pyridine rings is 1. The van der Waals surface area contributed by atoms with Gasteiger partial charge < -0.3 is 8.94 Å². The zero-order valence-corrected chi connectivity index (χ0v) is 15.2. The van der Waals surface area contributed by atoms with Gasteiger partial charge in [0.1, 0.15) is 0 Å². The molecule has 1 unspecified atom stereocenters. The third-order valence-corrected chi connectivity index (χ3v) is 5.21. The molecule has 4 aromatic rings. The number of para-hydroxylation sites is 2. The Morgan fingerprint density at radius 3 is 2.86 bits per heavy atom. The largest absolute Gasteiger partial charge is 0.419 e. The third kappa shape index (κ3) is 3.01. The number of aromatic nitrogens is 4. The Morgan fingerprint density at radius 1 is 1.11 bits per heavy atom. The van der Waals surface area contributed by atoms with Crippen molar-refractivity contribution >= 4 is 11.1 Å². The molecular weight excluding hydrogens is 358 g/mol. The van der Waals surface area contributed by atoms with Gasteiger partial charge >= 0.3 is 5.76 Å². The summed E-state index contributed by atoms with van der Waals surface area (Å²) in [5.41, 5.74) is 2.32. The number of likely N-dealkylation sites (tertiary alicyclic amines) is 1. The van der Waals surface area contributed by atoms with E-state index < -0.39 is 0 Å². The minimum Gasteiger partial charge on any atom is -0.408 e. The van der Waals surface area contributed by atoms with Gasteiger partial charge in [-0.3, -0.25) is 14.5 Å². The highest BCUT2D eigenvalue weighted by Gasteiger charge is 2.30. The molecule has 3 aromatic heterocycles. The molecule has 1 aliphatic heterocycles.